The lowest BCUT2D eigenvalue weighted by Crippen LogP contribution is -2.30. The van der Waals surface area contributed by atoms with Gasteiger partial charge in [0.25, 0.3) is 0 Å². The summed E-state index contributed by atoms with van der Waals surface area (Å²) in [6.45, 7) is 19.1. The molecule has 0 bridgehead atoms. The Bertz CT molecular complexity index is 508. The molecular formula is C28H52O4. The fraction of sp³-hybridized carbons (Fsp3) is 0.929. The van der Waals surface area contributed by atoms with Crippen molar-refractivity contribution in [3.8, 4) is 0 Å². The van der Waals surface area contributed by atoms with E-state index < -0.39 is 0 Å². The van der Waals surface area contributed by atoms with Crippen molar-refractivity contribution in [1.29, 1.82) is 0 Å². The van der Waals surface area contributed by atoms with Crippen molar-refractivity contribution in [1.82, 2.24) is 0 Å². The van der Waals surface area contributed by atoms with E-state index in [2.05, 4.69) is 55.4 Å². The standard InChI is InChI=1S/C28H52O4/c1-9-11-21(3)27(5,6)17-19-31-25(29)23-13-15-24(16-14-23)26(30)32-20-18-28(7,8)22(4)12-10-2/h21-24H,9-20H2,1-8H3. The Balaban J connectivity index is 2.32. The molecule has 0 aliphatic heterocycles. The second-order valence-electron chi connectivity index (χ2n) is 11.7. The molecule has 0 saturated heterocycles. The third-order valence-electron chi connectivity index (χ3n) is 8.49. The Morgan fingerprint density at radius 2 is 1.03 bits per heavy atom. The molecule has 4 heteroatoms. The minimum atomic E-state index is -0.0811. The lowest BCUT2D eigenvalue weighted by Gasteiger charge is -2.32. The zero-order chi connectivity index (χ0) is 24.4. The summed E-state index contributed by atoms with van der Waals surface area (Å²) < 4.78 is 11.3. The Kier molecular flexibility index (Phi) is 12.3. The van der Waals surface area contributed by atoms with Crippen molar-refractivity contribution in [2.24, 2.45) is 34.5 Å². The molecule has 2 atom stereocenters. The summed E-state index contributed by atoms with van der Waals surface area (Å²) in [4.78, 5) is 25.0. The minimum absolute atomic E-state index is 0.0657. The van der Waals surface area contributed by atoms with Gasteiger partial charge in [-0.05, 0) is 61.2 Å². The molecule has 2 unspecified atom stereocenters. The van der Waals surface area contributed by atoms with Crippen LogP contribution in [0.15, 0.2) is 0 Å². The molecule has 32 heavy (non-hydrogen) atoms. The molecule has 0 amide bonds. The lowest BCUT2D eigenvalue weighted by molar-refractivity contribution is -0.156. The first-order valence-corrected chi connectivity index (χ1v) is 13.3. The molecular weight excluding hydrogens is 400 g/mol. The van der Waals surface area contributed by atoms with Crippen LogP contribution < -0.4 is 0 Å². The van der Waals surface area contributed by atoms with Crippen LogP contribution in [0.1, 0.15) is 120 Å². The molecule has 0 aromatic carbocycles. The van der Waals surface area contributed by atoms with Crippen molar-refractivity contribution >= 4 is 11.9 Å². The molecule has 0 radical (unpaired) electrons. The molecule has 1 aliphatic carbocycles. The van der Waals surface area contributed by atoms with Crippen LogP contribution in [-0.4, -0.2) is 25.2 Å². The van der Waals surface area contributed by atoms with Gasteiger partial charge in [-0.25, -0.2) is 0 Å². The zero-order valence-electron chi connectivity index (χ0n) is 22.4. The van der Waals surface area contributed by atoms with Crippen LogP contribution in [0.3, 0.4) is 0 Å². The van der Waals surface area contributed by atoms with Gasteiger partial charge in [0.1, 0.15) is 0 Å². The molecule has 4 nitrogen and oxygen atoms in total. The van der Waals surface area contributed by atoms with Crippen molar-refractivity contribution in [3.63, 3.8) is 0 Å². The minimum Gasteiger partial charge on any atom is -0.465 e. The van der Waals surface area contributed by atoms with Crippen molar-refractivity contribution in [3.05, 3.63) is 0 Å². The summed E-state index contributed by atoms with van der Waals surface area (Å²) >= 11 is 0. The van der Waals surface area contributed by atoms with E-state index in [9.17, 15) is 9.59 Å². The molecule has 1 rings (SSSR count). The van der Waals surface area contributed by atoms with Crippen LogP contribution >= 0.6 is 0 Å². The third-order valence-corrected chi connectivity index (χ3v) is 8.49. The van der Waals surface area contributed by atoms with Crippen molar-refractivity contribution in [2.75, 3.05) is 13.2 Å². The summed E-state index contributed by atoms with van der Waals surface area (Å²) in [5.41, 5.74) is 0.362. The fourth-order valence-corrected chi connectivity index (χ4v) is 4.77. The van der Waals surface area contributed by atoms with Gasteiger partial charge in [-0.2, -0.15) is 0 Å². The molecule has 1 saturated carbocycles. The predicted octanol–water partition coefficient (Wildman–Crippen LogP) is 7.58. The Morgan fingerprint density at radius 3 is 1.31 bits per heavy atom. The van der Waals surface area contributed by atoms with E-state index >= 15 is 0 Å². The van der Waals surface area contributed by atoms with E-state index in [4.69, 9.17) is 9.47 Å². The van der Waals surface area contributed by atoms with Crippen LogP contribution in [0.4, 0.5) is 0 Å². The van der Waals surface area contributed by atoms with E-state index in [1.165, 1.54) is 25.7 Å². The molecule has 0 aromatic heterocycles. The number of carbonyl (C=O) groups is 2. The highest BCUT2D eigenvalue weighted by Crippen LogP contribution is 2.35. The Hall–Kier alpha value is -1.06. The predicted molar refractivity (Wildman–Crippen MR) is 132 cm³/mol. The highest BCUT2D eigenvalue weighted by atomic mass is 16.5. The SMILES string of the molecule is CCCC(C)C(C)(C)CCOC(=O)C1CCC(C(=O)OCCC(C)(C)C(C)CCC)CC1. The zero-order valence-corrected chi connectivity index (χ0v) is 22.4. The highest BCUT2D eigenvalue weighted by Gasteiger charge is 2.33. The Morgan fingerprint density at radius 1 is 0.719 bits per heavy atom. The van der Waals surface area contributed by atoms with E-state index in [0.29, 0.717) is 25.0 Å². The highest BCUT2D eigenvalue weighted by molar-refractivity contribution is 5.75. The number of ether oxygens (including phenoxy) is 2. The van der Waals surface area contributed by atoms with Gasteiger partial charge in [-0.1, -0.05) is 81.1 Å². The molecule has 0 aromatic rings. The molecule has 0 heterocycles. The van der Waals surface area contributed by atoms with Crippen LogP contribution in [0.2, 0.25) is 0 Å². The van der Waals surface area contributed by atoms with Gasteiger partial charge < -0.3 is 9.47 Å². The van der Waals surface area contributed by atoms with Crippen molar-refractivity contribution in [2.45, 2.75) is 120 Å². The summed E-state index contributed by atoms with van der Waals surface area (Å²) in [5, 5.41) is 0. The number of esters is 2. The van der Waals surface area contributed by atoms with Gasteiger partial charge in [-0.15, -0.1) is 0 Å². The molecule has 0 spiro atoms. The first kappa shape index (κ1) is 29.0. The van der Waals surface area contributed by atoms with Gasteiger partial charge >= 0.3 is 11.9 Å². The maximum Gasteiger partial charge on any atom is 0.308 e. The van der Waals surface area contributed by atoms with E-state index in [0.717, 1.165) is 38.5 Å². The number of hydrogen-bond donors (Lipinski definition) is 0. The largest absolute Gasteiger partial charge is 0.465 e. The van der Waals surface area contributed by atoms with Gasteiger partial charge in [0, 0.05) is 0 Å². The molecule has 0 N–H and O–H groups in total. The normalized spacial score (nSPS) is 21.6. The van der Waals surface area contributed by atoms with Gasteiger partial charge in [-0.3, -0.25) is 9.59 Å². The quantitative estimate of drug-likeness (QED) is 0.255. The van der Waals surface area contributed by atoms with E-state index in [1.807, 2.05) is 0 Å². The maximum absolute atomic E-state index is 12.5. The van der Waals surface area contributed by atoms with Crippen LogP contribution in [0.25, 0.3) is 0 Å². The second kappa shape index (κ2) is 13.6. The van der Waals surface area contributed by atoms with Gasteiger partial charge in [0.05, 0.1) is 25.0 Å². The first-order chi connectivity index (χ1) is 14.9. The van der Waals surface area contributed by atoms with Crippen LogP contribution in [0.5, 0.6) is 0 Å². The summed E-state index contributed by atoms with van der Waals surface area (Å²) in [6.07, 6.45) is 9.49. The topological polar surface area (TPSA) is 52.6 Å². The second-order valence-corrected chi connectivity index (χ2v) is 11.7. The summed E-state index contributed by atoms with van der Waals surface area (Å²) in [7, 11) is 0. The molecule has 1 aliphatic rings. The fourth-order valence-electron chi connectivity index (χ4n) is 4.77. The third kappa shape index (κ3) is 9.43. The Labute approximate surface area is 198 Å². The maximum atomic E-state index is 12.5. The van der Waals surface area contributed by atoms with E-state index in [-0.39, 0.29) is 34.6 Å². The van der Waals surface area contributed by atoms with Crippen LogP contribution in [-0.2, 0) is 19.1 Å². The van der Waals surface area contributed by atoms with Crippen LogP contribution in [0, 0.1) is 34.5 Å². The first-order valence-electron chi connectivity index (χ1n) is 13.3. The summed E-state index contributed by atoms with van der Waals surface area (Å²) in [5.74, 6) is 0.944. The smallest absolute Gasteiger partial charge is 0.308 e. The summed E-state index contributed by atoms with van der Waals surface area (Å²) in [6, 6.07) is 0. The molecule has 1 fully saturated rings. The lowest BCUT2D eigenvalue weighted by atomic mass is 9.75. The van der Waals surface area contributed by atoms with Gasteiger partial charge in [0.2, 0.25) is 0 Å². The number of hydrogen-bond acceptors (Lipinski definition) is 4. The molecule has 188 valence electrons. The van der Waals surface area contributed by atoms with Crippen molar-refractivity contribution < 1.29 is 19.1 Å². The van der Waals surface area contributed by atoms with Gasteiger partial charge in [0.15, 0.2) is 0 Å². The average molecular weight is 453 g/mol. The monoisotopic (exact) mass is 452 g/mol. The number of carbonyl (C=O) groups excluding carboxylic acids is 2. The average Bonchev–Trinajstić information content (AvgIpc) is 2.73. The number of rotatable bonds is 14. The van der Waals surface area contributed by atoms with E-state index in [1.54, 1.807) is 0 Å².